The second-order valence-electron chi connectivity index (χ2n) is 6.55. The number of imidazole rings is 2. The molecule has 2 aromatic heterocycles. The molecule has 0 aliphatic rings. The highest BCUT2D eigenvalue weighted by Gasteiger charge is 2.17. The van der Waals surface area contributed by atoms with E-state index in [-0.39, 0.29) is 0 Å². The van der Waals surface area contributed by atoms with E-state index in [0.29, 0.717) is 0 Å². The SMILES string of the molecule is c1ccc(-c2cnc(-c3nc(-c4ccccc4)c(-c4ccccc4)[nH]3)[nH]2)cc1. The molecule has 0 atom stereocenters. The third-order valence-corrected chi connectivity index (χ3v) is 4.70. The van der Waals surface area contributed by atoms with E-state index in [1.165, 1.54) is 0 Å². The first-order valence-corrected chi connectivity index (χ1v) is 9.20. The van der Waals surface area contributed by atoms with Crippen molar-refractivity contribution in [3.8, 4) is 45.4 Å². The average molecular weight is 362 g/mol. The number of H-pyrrole nitrogens is 2. The summed E-state index contributed by atoms with van der Waals surface area (Å²) in [4.78, 5) is 16.3. The van der Waals surface area contributed by atoms with E-state index in [1.807, 2.05) is 60.8 Å². The zero-order chi connectivity index (χ0) is 18.8. The Bertz CT molecular complexity index is 1130. The Morgan fingerprint density at radius 1 is 0.536 bits per heavy atom. The summed E-state index contributed by atoms with van der Waals surface area (Å²) in [5.41, 5.74) is 6.13. The Hall–Kier alpha value is -3.92. The van der Waals surface area contributed by atoms with Crippen molar-refractivity contribution < 1.29 is 0 Å². The van der Waals surface area contributed by atoms with Crippen LogP contribution in [-0.4, -0.2) is 19.9 Å². The summed E-state index contributed by atoms with van der Waals surface area (Å²) in [5, 5.41) is 0. The number of hydrogen-bond donors (Lipinski definition) is 2. The van der Waals surface area contributed by atoms with Crippen molar-refractivity contribution in [2.45, 2.75) is 0 Å². The third-order valence-electron chi connectivity index (χ3n) is 4.70. The van der Waals surface area contributed by atoms with E-state index < -0.39 is 0 Å². The van der Waals surface area contributed by atoms with Crippen molar-refractivity contribution in [3.63, 3.8) is 0 Å². The molecule has 5 rings (SSSR count). The highest BCUT2D eigenvalue weighted by Crippen LogP contribution is 2.32. The zero-order valence-electron chi connectivity index (χ0n) is 15.1. The molecule has 2 N–H and O–H groups in total. The fourth-order valence-electron chi connectivity index (χ4n) is 3.31. The highest BCUT2D eigenvalue weighted by molar-refractivity contribution is 5.80. The van der Waals surface area contributed by atoms with E-state index in [4.69, 9.17) is 4.98 Å². The van der Waals surface area contributed by atoms with Crippen LogP contribution in [0, 0.1) is 0 Å². The molecule has 0 bridgehead atoms. The molecule has 2 heterocycles. The molecule has 28 heavy (non-hydrogen) atoms. The average Bonchev–Trinajstić information content (AvgIpc) is 3.43. The van der Waals surface area contributed by atoms with E-state index in [2.05, 4.69) is 51.4 Å². The van der Waals surface area contributed by atoms with E-state index in [1.54, 1.807) is 0 Å². The van der Waals surface area contributed by atoms with Gasteiger partial charge in [0.05, 0.1) is 23.3 Å². The smallest absolute Gasteiger partial charge is 0.174 e. The van der Waals surface area contributed by atoms with Crippen LogP contribution in [0.15, 0.2) is 97.2 Å². The number of benzene rings is 3. The van der Waals surface area contributed by atoms with Gasteiger partial charge < -0.3 is 9.97 Å². The summed E-state index contributed by atoms with van der Waals surface area (Å²) in [7, 11) is 0. The van der Waals surface area contributed by atoms with Gasteiger partial charge in [-0.05, 0) is 5.56 Å². The Morgan fingerprint density at radius 3 is 1.75 bits per heavy atom. The molecule has 0 spiro atoms. The summed E-state index contributed by atoms with van der Waals surface area (Å²) in [6, 6.07) is 30.6. The van der Waals surface area contributed by atoms with E-state index in [9.17, 15) is 0 Å². The molecule has 0 aliphatic heterocycles. The quantitative estimate of drug-likeness (QED) is 0.424. The van der Waals surface area contributed by atoms with Gasteiger partial charge in [-0.25, -0.2) is 9.97 Å². The zero-order valence-corrected chi connectivity index (χ0v) is 15.1. The van der Waals surface area contributed by atoms with Gasteiger partial charge in [-0.2, -0.15) is 0 Å². The summed E-state index contributed by atoms with van der Waals surface area (Å²) < 4.78 is 0. The van der Waals surface area contributed by atoms with Crippen LogP contribution < -0.4 is 0 Å². The number of nitrogens with one attached hydrogen (secondary N) is 2. The first kappa shape index (κ1) is 16.3. The maximum atomic E-state index is 4.88. The van der Waals surface area contributed by atoms with Crippen LogP contribution >= 0.6 is 0 Å². The van der Waals surface area contributed by atoms with Crippen molar-refractivity contribution in [1.82, 2.24) is 19.9 Å². The van der Waals surface area contributed by atoms with E-state index in [0.717, 1.165) is 45.4 Å². The molecule has 4 heteroatoms. The maximum absolute atomic E-state index is 4.88. The Labute approximate surface area is 163 Å². The third kappa shape index (κ3) is 3.01. The first-order valence-electron chi connectivity index (χ1n) is 9.20. The van der Waals surface area contributed by atoms with Gasteiger partial charge in [0, 0.05) is 11.1 Å². The maximum Gasteiger partial charge on any atom is 0.174 e. The monoisotopic (exact) mass is 362 g/mol. The minimum Gasteiger partial charge on any atom is -0.335 e. The minimum absolute atomic E-state index is 0.721. The summed E-state index contributed by atoms with van der Waals surface area (Å²) in [6.45, 7) is 0. The van der Waals surface area contributed by atoms with Crippen molar-refractivity contribution in [2.24, 2.45) is 0 Å². The van der Waals surface area contributed by atoms with Crippen molar-refractivity contribution in [3.05, 3.63) is 97.2 Å². The molecule has 0 amide bonds. The Kier molecular flexibility index (Phi) is 4.07. The molecule has 0 fully saturated rings. The number of aromatic nitrogens is 4. The van der Waals surface area contributed by atoms with Crippen molar-refractivity contribution in [2.75, 3.05) is 0 Å². The molecular weight excluding hydrogens is 344 g/mol. The lowest BCUT2D eigenvalue weighted by Gasteiger charge is -2.02. The molecule has 0 unspecified atom stereocenters. The number of hydrogen-bond acceptors (Lipinski definition) is 2. The summed E-state index contributed by atoms with van der Waals surface area (Å²) >= 11 is 0. The van der Waals surface area contributed by atoms with Gasteiger partial charge in [-0.3, -0.25) is 0 Å². The number of aromatic amines is 2. The van der Waals surface area contributed by atoms with Gasteiger partial charge in [0.15, 0.2) is 11.6 Å². The predicted octanol–water partition coefficient (Wildman–Crippen LogP) is 5.80. The Balaban J connectivity index is 1.62. The van der Waals surface area contributed by atoms with Gasteiger partial charge in [-0.15, -0.1) is 0 Å². The van der Waals surface area contributed by atoms with E-state index >= 15 is 0 Å². The van der Waals surface area contributed by atoms with Crippen LogP contribution in [0.25, 0.3) is 45.4 Å². The molecule has 0 saturated heterocycles. The molecule has 0 aliphatic carbocycles. The molecule has 4 nitrogen and oxygen atoms in total. The van der Waals surface area contributed by atoms with Gasteiger partial charge in [-0.1, -0.05) is 91.0 Å². The standard InChI is InChI=1S/C24H18N4/c1-4-10-17(11-5-1)20-16-25-23(26-20)24-27-21(18-12-6-2-7-13-18)22(28-24)19-14-8-3-9-15-19/h1-16H,(H,25,26)(H,27,28). The highest BCUT2D eigenvalue weighted by atomic mass is 15.0. The number of rotatable bonds is 4. The lowest BCUT2D eigenvalue weighted by Crippen LogP contribution is -1.84. The second-order valence-corrected chi connectivity index (χ2v) is 6.55. The van der Waals surface area contributed by atoms with Gasteiger partial charge in [0.1, 0.15) is 0 Å². The lowest BCUT2D eigenvalue weighted by molar-refractivity contribution is 1.20. The minimum atomic E-state index is 0.721. The van der Waals surface area contributed by atoms with Crippen LogP contribution in [0.3, 0.4) is 0 Å². The molecule has 0 saturated carbocycles. The van der Waals surface area contributed by atoms with Gasteiger partial charge in [0.25, 0.3) is 0 Å². The molecule has 3 aromatic carbocycles. The molecule has 134 valence electrons. The summed E-state index contributed by atoms with van der Waals surface area (Å²) in [6.07, 6.45) is 1.84. The predicted molar refractivity (Wildman–Crippen MR) is 112 cm³/mol. The van der Waals surface area contributed by atoms with Crippen LogP contribution in [0.2, 0.25) is 0 Å². The number of nitrogens with zero attached hydrogens (tertiary/aromatic N) is 2. The fraction of sp³-hybridized carbons (Fsp3) is 0. The van der Waals surface area contributed by atoms with Gasteiger partial charge in [0.2, 0.25) is 0 Å². The van der Waals surface area contributed by atoms with Crippen molar-refractivity contribution >= 4 is 0 Å². The van der Waals surface area contributed by atoms with Crippen LogP contribution in [-0.2, 0) is 0 Å². The Morgan fingerprint density at radius 2 is 1.11 bits per heavy atom. The van der Waals surface area contributed by atoms with Crippen LogP contribution in [0.5, 0.6) is 0 Å². The largest absolute Gasteiger partial charge is 0.335 e. The van der Waals surface area contributed by atoms with Crippen molar-refractivity contribution in [1.29, 1.82) is 0 Å². The first-order chi connectivity index (χ1) is 13.9. The topological polar surface area (TPSA) is 57.4 Å². The lowest BCUT2D eigenvalue weighted by atomic mass is 10.1. The molecule has 0 radical (unpaired) electrons. The van der Waals surface area contributed by atoms with Crippen LogP contribution in [0.1, 0.15) is 0 Å². The second kappa shape index (κ2) is 7.00. The normalized spacial score (nSPS) is 10.9. The van der Waals surface area contributed by atoms with Gasteiger partial charge >= 0.3 is 0 Å². The fourth-order valence-corrected chi connectivity index (χ4v) is 3.31. The van der Waals surface area contributed by atoms with Crippen LogP contribution in [0.4, 0.5) is 0 Å². The molecular formula is C24H18N4. The molecule has 5 aromatic rings. The summed E-state index contributed by atoms with van der Waals surface area (Å²) in [5.74, 6) is 1.44.